The first-order valence-electron chi connectivity index (χ1n) is 17.7. The summed E-state index contributed by atoms with van der Waals surface area (Å²) in [5.74, 6) is 1.25. The first-order valence-corrected chi connectivity index (χ1v) is 17.7. The molecule has 1 unspecified atom stereocenters. The molecule has 0 saturated carbocycles. The summed E-state index contributed by atoms with van der Waals surface area (Å²) < 4.78 is 6.24. The molecular weight excluding hydrogens is 644 g/mol. The summed E-state index contributed by atoms with van der Waals surface area (Å²) >= 11 is 0. The second kappa shape index (κ2) is 15.4. The number of aromatic hydroxyl groups is 1. The first kappa shape index (κ1) is 34.3. The smallest absolute Gasteiger partial charge is 0.412 e. The van der Waals surface area contributed by atoms with Crippen LogP contribution in [0.15, 0.2) is 108 Å². The number of fused-ring (bicyclic) bond motifs is 4. The van der Waals surface area contributed by atoms with Gasteiger partial charge in [-0.1, -0.05) is 66.7 Å². The van der Waals surface area contributed by atoms with Crippen molar-refractivity contribution in [1.29, 1.82) is 0 Å². The van der Waals surface area contributed by atoms with E-state index in [4.69, 9.17) is 4.74 Å². The lowest BCUT2D eigenvalue weighted by Gasteiger charge is -2.49. The number of rotatable bonds is 13. The number of phenolic OH excluding ortho intramolecular Hbond substituents is 1. The summed E-state index contributed by atoms with van der Waals surface area (Å²) in [5, 5.41) is 35.6. The van der Waals surface area contributed by atoms with Crippen molar-refractivity contribution in [3.63, 3.8) is 0 Å². The number of aromatic nitrogens is 1. The van der Waals surface area contributed by atoms with Gasteiger partial charge in [-0.05, 0) is 97.3 Å². The summed E-state index contributed by atoms with van der Waals surface area (Å²) in [5.41, 5.74) is 4.32. The van der Waals surface area contributed by atoms with Gasteiger partial charge in [-0.25, -0.2) is 4.79 Å². The van der Waals surface area contributed by atoms with Crippen LogP contribution in [-0.4, -0.2) is 64.0 Å². The molecule has 8 rings (SSSR count). The monoisotopic (exact) mass is 688 g/mol. The molecule has 264 valence electrons. The Morgan fingerprint density at radius 1 is 0.941 bits per heavy atom. The van der Waals surface area contributed by atoms with E-state index >= 15 is 0 Å². The fourth-order valence-corrected chi connectivity index (χ4v) is 7.89. The van der Waals surface area contributed by atoms with Gasteiger partial charge in [0.05, 0.1) is 23.3 Å². The first-order chi connectivity index (χ1) is 24.8. The zero-order chi connectivity index (χ0) is 35.3. The van der Waals surface area contributed by atoms with Gasteiger partial charge in [-0.15, -0.1) is 0 Å². The largest absolute Gasteiger partial charge is 0.506 e. The maximum Gasteiger partial charge on any atom is 0.412 e. The van der Waals surface area contributed by atoms with Gasteiger partial charge >= 0.3 is 6.09 Å². The highest BCUT2D eigenvalue weighted by Crippen LogP contribution is 2.44. The Labute approximate surface area is 296 Å². The minimum Gasteiger partial charge on any atom is -0.506 e. The molecule has 3 saturated heterocycles. The molecule has 4 heterocycles. The number of hydrogen-bond donors (Lipinski definition) is 5. The SMILES string of the molecule is O=C(O)N(c1cccc(OCc2cccc(CCNC[C@H](O)c3ccc(O)c4[nH]c(=O)ccc34)c2)c1)[C@@H](c1ccccc1)C1CN2CCC1CC2. The fourth-order valence-electron chi connectivity index (χ4n) is 7.89. The predicted molar refractivity (Wildman–Crippen MR) is 197 cm³/mol. The number of hydrogen-bond acceptors (Lipinski definition) is 7. The Hall–Kier alpha value is -5.16. The summed E-state index contributed by atoms with van der Waals surface area (Å²) in [4.78, 5) is 31.4. The second-order valence-electron chi connectivity index (χ2n) is 13.7. The zero-order valence-corrected chi connectivity index (χ0v) is 28.4. The van der Waals surface area contributed by atoms with Crippen molar-refractivity contribution in [2.45, 2.75) is 38.0 Å². The average molecular weight is 689 g/mol. The normalized spacial score (nSPS) is 19.4. The molecule has 2 bridgehead atoms. The highest BCUT2D eigenvalue weighted by molar-refractivity contribution is 5.88. The molecule has 3 aliphatic rings. The molecule has 3 fully saturated rings. The maximum absolute atomic E-state index is 13.0. The third kappa shape index (κ3) is 7.78. The van der Waals surface area contributed by atoms with Gasteiger partial charge < -0.3 is 35.3 Å². The molecule has 0 radical (unpaired) electrons. The van der Waals surface area contributed by atoms with E-state index in [0.29, 0.717) is 53.5 Å². The number of carbonyl (C=O) groups is 1. The number of ether oxygens (including phenoxy) is 1. The van der Waals surface area contributed by atoms with E-state index in [2.05, 4.69) is 27.3 Å². The lowest BCUT2D eigenvalue weighted by Crippen LogP contribution is -2.53. The van der Waals surface area contributed by atoms with Crippen LogP contribution in [0.3, 0.4) is 0 Å². The molecule has 1 amide bonds. The number of anilines is 1. The van der Waals surface area contributed by atoms with Gasteiger partial charge in [0.15, 0.2) is 0 Å². The van der Waals surface area contributed by atoms with E-state index in [1.807, 2.05) is 66.7 Å². The topological polar surface area (TPSA) is 138 Å². The number of benzene rings is 4. The predicted octanol–water partition coefficient (Wildman–Crippen LogP) is 6.25. The van der Waals surface area contributed by atoms with Gasteiger partial charge in [0.1, 0.15) is 18.1 Å². The maximum atomic E-state index is 13.0. The van der Waals surface area contributed by atoms with Crippen molar-refractivity contribution in [2.75, 3.05) is 37.6 Å². The number of phenols is 1. The summed E-state index contributed by atoms with van der Waals surface area (Å²) in [7, 11) is 0. The molecule has 1 aromatic heterocycles. The third-order valence-electron chi connectivity index (χ3n) is 10.4. The molecular formula is C41H44N4O6. The van der Waals surface area contributed by atoms with E-state index in [-0.39, 0.29) is 23.3 Å². The number of nitrogens with zero attached hydrogens (tertiary/aromatic N) is 2. The Morgan fingerprint density at radius 2 is 1.73 bits per heavy atom. The third-order valence-corrected chi connectivity index (χ3v) is 10.4. The highest BCUT2D eigenvalue weighted by Gasteiger charge is 2.43. The zero-order valence-electron chi connectivity index (χ0n) is 28.4. The van der Waals surface area contributed by atoms with Gasteiger partial charge in [-0.3, -0.25) is 9.69 Å². The van der Waals surface area contributed by atoms with Crippen LogP contribution in [0, 0.1) is 11.8 Å². The van der Waals surface area contributed by atoms with Crippen LogP contribution in [0.4, 0.5) is 10.5 Å². The minimum atomic E-state index is -0.973. The molecule has 51 heavy (non-hydrogen) atoms. The van der Waals surface area contributed by atoms with Crippen LogP contribution < -0.4 is 20.5 Å². The average Bonchev–Trinajstić information content (AvgIpc) is 3.16. The Bertz CT molecular complexity index is 2030. The number of pyridine rings is 1. The quantitative estimate of drug-likeness (QED) is 0.0917. The van der Waals surface area contributed by atoms with Gasteiger partial charge in [0.25, 0.3) is 0 Å². The number of aliphatic hydroxyl groups excluding tert-OH is 1. The van der Waals surface area contributed by atoms with Crippen LogP contribution in [0.2, 0.25) is 0 Å². The minimum absolute atomic E-state index is 0.0400. The van der Waals surface area contributed by atoms with Crippen LogP contribution in [0.1, 0.15) is 47.2 Å². The van der Waals surface area contributed by atoms with Crippen molar-refractivity contribution < 1.29 is 24.9 Å². The molecule has 3 aliphatic heterocycles. The van der Waals surface area contributed by atoms with Crippen molar-refractivity contribution in [3.05, 3.63) is 136 Å². The molecule has 5 N–H and O–H groups in total. The Morgan fingerprint density at radius 3 is 2.49 bits per heavy atom. The molecule has 0 spiro atoms. The number of nitrogens with one attached hydrogen (secondary N) is 2. The Balaban J connectivity index is 0.985. The van der Waals surface area contributed by atoms with Crippen LogP contribution in [-0.2, 0) is 13.0 Å². The number of piperidine rings is 3. The number of H-pyrrole nitrogens is 1. The van der Waals surface area contributed by atoms with Gasteiger partial charge in [-0.2, -0.15) is 0 Å². The summed E-state index contributed by atoms with van der Waals surface area (Å²) in [6, 6.07) is 31.4. The molecule has 4 aromatic carbocycles. The number of aromatic amines is 1. The molecule has 10 nitrogen and oxygen atoms in total. The number of carboxylic acid groups (broad SMARTS) is 1. The number of aliphatic hydroxyl groups is 1. The number of amides is 1. The van der Waals surface area contributed by atoms with Crippen molar-refractivity contribution in [1.82, 2.24) is 15.2 Å². The van der Waals surface area contributed by atoms with Crippen LogP contribution in [0.25, 0.3) is 10.9 Å². The lowest BCUT2D eigenvalue weighted by atomic mass is 9.73. The van der Waals surface area contributed by atoms with Crippen LogP contribution >= 0.6 is 0 Å². The molecule has 5 aromatic rings. The van der Waals surface area contributed by atoms with E-state index in [1.54, 1.807) is 17.0 Å². The second-order valence-corrected chi connectivity index (χ2v) is 13.7. The van der Waals surface area contributed by atoms with E-state index in [9.17, 15) is 24.9 Å². The van der Waals surface area contributed by atoms with E-state index in [0.717, 1.165) is 55.6 Å². The Kier molecular flexibility index (Phi) is 10.3. The molecule has 10 heteroatoms. The highest BCUT2D eigenvalue weighted by atomic mass is 16.5. The van der Waals surface area contributed by atoms with Crippen molar-refractivity contribution in [2.24, 2.45) is 11.8 Å². The van der Waals surface area contributed by atoms with Crippen LogP contribution in [0.5, 0.6) is 11.5 Å². The molecule has 3 atom stereocenters. The van der Waals surface area contributed by atoms with Gasteiger partial charge in [0, 0.05) is 30.6 Å². The lowest BCUT2D eigenvalue weighted by molar-refractivity contribution is 0.0358. The van der Waals surface area contributed by atoms with Gasteiger partial charge in [0.2, 0.25) is 5.56 Å². The van der Waals surface area contributed by atoms with E-state index < -0.39 is 12.2 Å². The van der Waals surface area contributed by atoms with Crippen molar-refractivity contribution >= 4 is 22.7 Å². The molecule has 0 aliphatic carbocycles. The van der Waals surface area contributed by atoms with E-state index in [1.165, 1.54) is 12.1 Å². The fraction of sp³-hybridized carbons (Fsp3) is 0.317. The summed E-state index contributed by atoms with van der Waals surface area (Å²) in [6.45, 7) is 4.33. The van der Waals surface area contributed by atoms with Crippen molar-refractivity contribution in [3.8, 4) is 11.5 Å². The summed E-state index contributed by atoms with van der Waals surface area (Å²) in [6.07, 6.45) is 1.13. The standard InChI is InChI=1S/C41H44N4O6/c46-36-14-12-33(34-13-15-38(48)43-39(34)36)37(47)24-42-19-16-27-6-4-7-28(22-27)26-51-32-11-5-10-31(23-32)45(41(49)50)40(30-8-2-1-3-9-30)35-25-44-20-17-29(35)18-21-44/h1-15,22-23,29,35,37,40,42,46-47H,16-21,24-26H2,(H,43,48)(H,49,50)/t35?,37-,40-/m0/s1.